The van der Waals surface area contributed by atoms with Crippen molar-refractivity contribution >= 4 is 5.69 Å². The minimum Gasteiger partial charge on any atom is -0.256 e. The number of pyridine rings is 3. The van der Waals surface area contributed by atoms with Crippen molar-refractivity contribution in [3.63, 3.8) is 0 Å². The first-order chi connectivity index (χ1) is 32.7. The average Bonchev–Trinajstić information content (AvgIpc) is 3.77. The fourth-order valence-corrected chi connectivity index (χ4v) is 6.95. The molecule has 0 fully saturated rings. The molecule has 2 aliphatic rings. The van der Waals surface area contributed by atoms with Crippen molar-refractivity contribution in [2.75, 3.05) is 0 Å². The number of benzene rings is 4. The van der Waals surface area contributed by atoms with Gasteiger partial charge in [-0.05, 0) is 94.8 Å². The molecule has 0 radical (unpaired) electrons. The van der Waals surface area contributed by atoms with Crippen LogP contribution in [0, 0.1) is 0 Å². The summed E-state index contributed by atoms with van der Waals surface area (Å²) in [5.74, 6) is 0. The maximum absolute atomic E-state index is 9.64. The van der Waals surface area contributed by atoms with E-state index in [1.165, 1.54) is 49.2 Å². The van der Waals surface area contributed by atoms with Crippen LogP contribution in [0.4, 0.5) is 5.69 Å². The number of nitrogens with zero attached hydrogens (tertiary/aromatic N) is 7. The summed E-state index contributed by atoms with van der Waals surface area (Å²) in [5, 5.41) is 0. The van der Waals surface area contributed by atoms with Gasteiger partial charge < -0.3 is 0 Å². The van der Waals surface area contributed by atoms with Crippen LogP contribution in [0.15, 0.2) is 169 Å². The lowest BCUT2D eigenvalue weighted by Gasteiger charge is -2.23. The maximum atomic E-state index is 9.64. The molecule has 4 aromatic carbocycles. The summed E-state index contributed by atoms with van der Waals surface area (Å²) in [7, 11) is 0. The smallest absolute Gasteiger partial charge is 0.256 e. The van der Waals surface area contributed by atoms with E-state index in [0.29, 0.717) is 33.7 Å². The summed E-state index contributed by atoms with van der Waals surface area (Å²) in [5.41, 5.74) is 3.30. The third-order valence-electron chi connectivity index (χ3n) is 9.65. The van der Waals surface area contributed by atoms with E-state index in [-0.39, 0.29) is 16.7 Å². The monoisotopic (exact) mass is 750 g/mol. The predicted octanol–water partition coefficient (Wildman–Crippen LogP) is 8.49. The molecular weight excluding hydrogens is 699 g/mol. The summed E-state index contributed by atoms with van der Waals surface area (Å²) in [6.45, 7) is 0. The number of fused-ring (bicyclic) bond motifs is 7. The van der Waals surface area contributed by atoms with Crippen molar-refractivity contribution in [1.82, 2.24) is 29.5 Å². The Bertz CT molecular complexity index is 3290. The van der Waals surface area contributed by atoms with Gasteiger partial charge in [0.1, 0.15) is 5.69 Å². The Hall–Kier alpha value is -6.99. The molecule has 274 valence electrons. The minimum atomic E-state index is -3.14. The second-order valence-electron chi connectivity index (χ2n) is 13.4. The van der Waals surface area contributed by atoms with Crippen molar-refractivity contribution in [2.24, 2.45) is 4.99 Å². The molecule has 7 nitrogen and oxygen atoms in total. The first-order valence-electron chi connectivity index (χ1n) is 24.4. The van der Waals surface area contributed by atoms with Crippen LogP contribution in [0.5, 0.6) is 0 Å². The molecule has 0 saturated heterocycles. The van der Waals surface area contributed by atoms with E-state index in [4.69, 9.17) is 9.98 Å². The van der Waals surface area contributed by atoms with Crippen molar-refractivity contribution in [3.05, 3.63) is 214 Å². The molecular formula is C50H40N7+. The quantitative estimate of drug-likeness (QED) is 0.124. The Morgan fingerprint density at radius 1 is 0.474 bits per heavy atom. The maximum Gasteiger partial charge on any atom is 0.370 e. The van der Waals surface area contributed by atoms with Crippen molar-refractivity contribution in [3.8, 4) is 33.8 Å². The fourth-order valence-electron chi connectivity index (χ4n) is 6.95. The molecule has 2 aliphatic heterocycles. The Morgan fingerprint density at radius 3 is 1.60 bits per heavy atom. The van der Waals surface area contributed by atoms with E-state index in [1.807, 2.05) is 84.9 Å². The molecule has 0 bridgehead atoms. The standard InChI is InChI=1S/C50H40N7/c1-3-9-40(10-4-1)44-23-21-34(31-53-44)15-17-36-27-37(18-16-35-22-24-45(54-32-35)41-11-5-2-6-12-41)29-38(28-36)19-20-39-30-46-47(55-33-39)42-13-7-8-14-43(42)49-56-48-50(57(46)49)52-26-25-51-48/h1-14,21-33,49H,15-20H2/q+1/i15D2,16D2,17D2,18D2,19D2,20D2. The Labute approximate surface area is 348 Å². The third-order valence-corrected chi connectivity index (χ3v) is 9.65. The van der Waals surface area contributed by atoms with Gasteiger partial charge in [0.25, 0.3) is 0 Å². The van der Waals surface area contributed by atoms with Gasteiger partial charge in [-0.1, -0.05) is 115 Å². The number of hydrogen-bond donors (Lipinski definition) is 0. The Kier molecular flexibility index (Phi) is 6.38. The molecule has 8 aromatic rings. The van der Waals surface area contributed by atoms with Crippen LogP contribution in [-0.2, 0) is 38.2 Å². The van der Waals surface area contributed by atoms with Crippen LogP contribution >= 0.6 is 0 Å². The first kappa shape index (κ1) is 23.8. The fraction of sp³-hybridized carbons (Fsp3) is 0.140. The van der Waals surface area contributed by atoms with Crippen LogP contribution in [0.25, 0.3) is 33.8 Å². The molecule has 1 atom stereocenters. The molecule has 57 heavy (non-hydrogen) atoms. The van der Waals surface area contributed by atoms with Crippen molar-refractivity contribution < 1.29 is 16.4 Å². The number of hydrogen-bond acceptors (Lipinski definition) is 6. The first-order valence-corrected chi connectivity index (χ1v) is 18.4. The van der Waals surface area contributed by atoms with Gasteiger partial charge in [0.2, 0.25) is 11.7 Å². The van der Waals surface area contributed by atoms with Gasteiger partial charge in [0.05, 0.1) is 17.6 Å². The molecule has 1 unspecified atom stereocenters. The zero-order valence-corrected chi connectivity index (χ0v) is 30.3. The van der Waals surface area contributed by atoms with E-state index >= 15 is 0 Å². The van der Waals surface area contributed by atoms with E-state index in [0.717, 1.165) is 40.5 Å². The molecule has 6 heterocycles. The van der Waals surface area contributed by atoms with Crippen LogP contribution in [0.3, 0.4) is 0 Å². The van der Waals surface area contributed by atoms with E-state index in [2.05, 4.69) is 19.9 Å². The van der Waals surface area contributed by atoms with Gasteiger partial charge in [-0.15, -0.1) is 0 Å². The molecule has 10 rings (SSSR count). The van der Waals surface area contributed by atoms with E-state index in [1.54, 1.807) is 16.7 Å². The minimum absolute atomic E-state index is 0.180. The highest BCUT2D eigenvalue weighted by molar-refractivity contribution is 5.78. The average molecular weight is 751 g/mol. The molecule has 0 spiro atoms. The van der Waals surface area contributed by atoms with E-state index in [9.17, 15) is 16.4 Å². The van der Waals surface area contributed by atoms with E-state index < -0.39 is 61.1 Å². The highest BCUT2D eigenvalue weighted by Crippen LogP contribution is 2.42. The zero-order valence-electron chi connectivity index (χ0n) is 42.3. The summed E-state index contributed by atoms with van der Waals surface area (Å²) in [6, 6.07) is 36.0. The largest absolute Gasteiger partial charge is 0.370 e. The molecule has 0 saturated carbocycles. The Morgan fingerprint density at radius 2 is 1.00 bits per heavy atom. The highest BCUT2D eigenvalue weighted by atomic mass is 15.2. The third kappa shape index (κ3) is 7.16. The lowest BCUT2D eigenvalue weighted by atomic mass is 9.93. The number of aryl methyl sites for hydroxylation is 6. The SMILES string of the molecule is [2H]C([2H])(c1ccc(-c2ccccc2)nc1)C([2H])([2H])c1cc(C([2H])([2H])C([2H])([2H])c2ccc(-c3ccccc3)nc2)cc(C([2H])([2H])C([2H])([2H])c2cnc3c(c2)[N+]2=c4nccnc4=NC2c2ccccc2-3)c1. The lowest BCUT2D eigenvalue weighted by molar-refractivity contribution is 0.575. The van der Waals surface area contributed by atoms with Gasteiger partial charge >= 0.3 is 5.49 Å². The zero-order chi connectivity index (χ0) is 48.7. The molecule has 0 N–H and O–H groups in total. The summed E-state index contributed by atoms with van der Waals surface area (Å²) in [6.07, 6.45) is -12.1. The normalized spacial score (nSPS) is 18.2. The molecule has 0 aliphatic carbocycles. The summed E-state index contributed by atoms with van der Waals surface area (Å²) < 4.78 is 115. The topological polar surface area (TPSA) is 79.8 Å². The highest BCUT2D eigenvalue weighted by Gasteiger charge is 2.37. The van der Waals surface area contributed by atoms with Gasteiger partial charge in [-0.3, -0.25) is 15.0 Å². The van der Waals surface area contributed by atoms with Crippen molar-refractivity contribution in [1.29, 1.82) is 0 Å². The number of aromatic nitrogens is 5. The van der Waals surface area contributed by atoms with Gasteiger partial charge in [-0.2, -0.15) is 4.58 Å². The van der Waals surface area contributed by atoms with Gasteiger partial charge in [-0.25, -0.2) is 9.98 Å². The summed E-state index contributed by atoms with van der Waals surface area (Å²) in [4.78, 5) is 27.2. The predicted molar refractivity (Wildman–Crippen MR) is 224 cm³/mol. The summed E-state index contributed by atoms with van der Waals surface area (Å²) >= 11 is 0. The Balaban J connectivity index is 1.11. The van der Waals surface area contributed by atoms with Crippen LogP contribution in [0.1, 0.15) is 61.6 Å². The van der Waals surface area contributed by atoms with Gasteiger partial charge in [0.15, 0.2) is 11.9 Å². The van der Waals surface area contributed by atoms with Crippen LogP contribution in [0.2, 0.25) is 0 Å². The molecule has 7 heteroatoms. The molecule has 4 aromatic heterocycles. The van der Waals surface area contributed by atoms with Crippen molar-refractivity contribution in [2.45, 2.75) is 44.4 Å². The second-order valence-corrected chi connectivity index (χ2v) is 13.4. The number of rotatable bonds is 11. The van der Waals surface area contributed by atoms with Crippen LogP contribution in [-0.4, -0.2) is 24.9 Å². The molecule has 0 amide bonds. The lowest BCUT2D eigenvalue weighted by Crippen LogP contribution is -2.37. The van der Waals surface area contributed by atoms with Gasteiger partial charge in [0, 0.05) is 57.3 Å². The second kappa shape index (κ2) is 15.3. The van der Waals surface area contributed by atoms with Crippen LogP contribution < -0.4 is 15.6 Å².